The molecule has 1 amide bonds. The monoisotopic (exact) mass is 458 g/mol. The van der Waals surface area contributed by atoms with E-state index in [1.165, 1.54) is 6.33 Å². The molecule has 8 nitrogen and oxygen atoms in total. The molecule has 0 saturated heterocycles. The van der Waals surface area contributed by atoms with Crippen molar-refractivity contribution in [1.82, 2.24) is 19.9 Å². The van der Waals surface area contributed by atoms with Crippen LogP contribution in [0.1, 0.15) is 26.3 Å². The van der Waals surface area contributed by atoms with Crippen LogP contribution in [0.25, 0.3) is 27.8 Å². The van der Waals surface area contributed by atoms with E-state index in [4.69, 9.17) is 4.74 Å². The number of H-pyrrole nitrogens is 1. The lowest BCUT2D eigenvalue weighted by Gasteiger charge is -2.19. The lowest BCUT2D eigenvalue weighted by atomic mass is 10.0. The van der Waals surface area contributed by atoms with Gasteiger partial charge in [0, 0.05) is 23.9 Å². The molecular formula is C26H26N4O4. The molecule has 2 heterocycles. The van der Waals surface area contributed by atoms with E-state index in [-0.39, 0.29) is 24.3 Å². The minimum atomic E-state index is -0.621. The summed E-state index contributed by atoms with van der Waals surface area (Å²) in [5.41, 5.74) is 3.01. The number of carbonyl (C=O) groups excluding carboxylic acids is 2. The summed E-state index contributed by atoms with van der Waals surface area (Å²) >= 11 is 0. The van der Waals surface area contributed by atoms with Gasteiger partial charge in [0.2, 0.25) is 0 Å². The molecule has 0 radical (unpaired) electrons. The number of para-hydroxylation sites is 1. The Morgan fingerprint density at radius 3 is 2.44 bits per heavy atom. The van der Waals surface area contributed by atoms with E-state index >= 15 is 0 Å². The molecule has 0 aliphatic rings. The first-order valence-electron chi connectivity index (χ1n) is 10.9. The van der Waals surface area contributed by atoms with E-state index in [1.807, 2.05) is 65.4 Å². The summed E-state index contributed by atoms with van der Waals surface area (Å²) in [6.45, 7) is 5.17. The van der Waals surface area contributed by atoms with Crippen LogP contribution in [0.4, 0.5) is 4.79 Å². The second-order valence-corrected chi connectivity index (χ2v) is 8.95. The summed E-state index contributed by atoms with van der Waals surface area (Å²) in [5.74, 6) is -0.139. The van der Waals surface area contributed by atoms with Crippen LogP contribution in [0.2, 0.25) is 0 Å². The molecule has 2 N–H and O–H groups in total. The van der Waals surface area contributed by atoms with Crippen molar-refractivity contribution in [2.45, 2.75) is 32.8 Å². The Morgan fingerprint density at radius 1 is 1.06 bits per heavy atom. The maximum Gasteiger partial charge on any atom is 0.408 e. The quantitative estimate of drug-likeness (QED) is 0.454. The number of hydrogen-bond donors (Lipinski definition) is 2. The van der Waals surface area contributed by atoms with Crippen LogP contribution in [-0.2, 0) is 16.0 Å². The predicted molar refractivity (Wildman–Crippen MR) is 130 cm³/mol. The van der Waals surface area contributed by atoms with Crippen LogP contribution in [0, 0.1) is 0 Å². The van der Waals surface area contributed by atoms with E-state index in [0.717, 1.165) is 22.4 Å². The third-order valence-electron chi connectivity index (χ3n) is 5.12. The third-order valence-corrected chi connectivity index (χ3v) is 5.12. The standard InChI is InChI=1S/C26H26N4O4/c1-26(2,3)34-25(33)27-14-20(31)13-17-9-11-18(12-10-17)21-15-30(19-7-5-4-6-8-19)23-22(21)24(32)29-16-28-23/h4-12,15-16H,13-14H2,1-3H3,(H,27,33)(H,28,29,32). The van der Waals surface area contributed by atoms with Gasteiger partial charge in [-0.25, -0.2) is 9.78 Å². The number of carbonyl (C=O) groups is 2. The summed E-state index contributed by atoms with van der Waals surface area (Å²) in [6.07, 6.45) is 2.84. The van der Waals surface area contributed by atoms with Crippen molar-refractivity contribution in [3.63, 3.8) is 0 Å². The Kier molecular flexibility index (Phi) is 6.32. The van der Waals surface area contributed by atoms with Gasteiger partial charge in [-0.15, -0.1) is 0 Å². The van der Waals surface area contributed by atoms with Crippen molar-refractivity contribution in [1.29, 1.82) is 0 Å². The van der Waals surface area contributed by atoms with Gasteiger partial charge in [-0.05, 0) is 44.0 Å². The van der Waals surface area contributed by atoms with Gasteiger partial charge in [0.05, 0.1) is 18.3 Å². The van der Waals surface area contributed by atoms with Gasteiger partial charge in [-0.2, -0.15) is 0 Å². The van der Waals surface area contributed by atoms with Crippen LogP contribution in [0.3, 0.4) is 0 Å². The molecule has 2 aromatic carbocycles. The number of hydrogen-bond acceptors (Lipinski definition) is 5. The number of nitrogens with zero attached hydrogens (tertiary/aromatic N) is 2. The SMILES string of the molecule is CC(C)(C)OC(=O)NCC(=O)Cc1ccc(-c2cn(-c3ccccc3)c3nc[nH]c(=O)c23)cc1. The van der Waals surface area contributed by atoms with Gasteiger partial charge in [-0.1, -0.05) is 42.5 Å². The largest absolute Gasteiger partial charge is 0.444 e. The van der Waals surface area contributed by atoms with Gasteiger partial charge in [0.1, 0.15) is 5.60 Å². The number of aromatic amines is 1. The first kappa shape index (κ1) is 23.0. The number of rotatable bonds is 6. The van der Waals surface area contributed by atoms with E-state index in [2.05, 4.69) is 15.3 Å². The molecule has 2 aromatic heterocycles. The van der Waals surface area contributed by atoms with Gasteiger partial charge in [0.15, 0.2) is 11.4 Å². The number of benzene rings is 2. The zero-order valence-corrected chi connectivity index (χ0v) is 19.3. The summed E-state index contributed by atoms with van der Waals surface area (Å²) in [5, 5.41) is 2.98. The van der Waals surface area contributed by atoms with Crippen molar-refractivity contribution < 1.29 is 14.3 Å². The van der Waals surface area contributed by atoms with Gasteiger partial charge in [0.25, 0.3) is 5.56 Å². The number of ketones is 1. The van der Waals surface area contributed by atoms with Gasteiger partial charge in [-0.3, -0.25) is 9.59 Å². The highest BCUT2D eigenvalue weighted by atomic mass is 16.6. The first-order valence-corrected chi connectivity index (χ1v) is 10.9. The van der Waals surface area contributed by atoms with Crippen LogP contribution in [-0.4, -0.2) is 38.6 Å². The second kappa shape index (κ2) is 9.35. The maximum atomic E-state index is 12.6. The first-order chi connectivity index (χ1) is 16.2. The van der Waals surface area contributed by atoms with Crippen LogP contribution in [0.15, 0.2) is 71.9 Å². The second-order valence-electron chi connectivity index (χ2n) is 8.95. The lowest BCUT2D eigenvalue weighted by molar-refractivity contribution is -0.117. The number of aromatic nitrogens is 3. The van der Waals surface area contributed by atoms with Crippen molar-refractivity contribution in [2.75, 3.05) is 6.54 Å². The van der Waals surface area contributed by atoms with Gasteiger partial charge >= 0.3 is 6.09 Å². The van der Waals surface area contributed by atoms with E-state index < -0.39 is 11.7 Å². The molecule has 8 heteroatoms. The fourth-order valence-corrected chi connectivity index (χ4v) is 3.65. The molecule has 0 unspecified atom stereocenters. The minimum absolute atomic E-state index is 0.109. The fourth-order valence-electron chi connectivity index (χ4n) is 3.65. The molecule has 0 bridgehead atoms. The zero-order chi connectivity index (χ0) is 24.3. The number of amides is 1. The van der Waals surface area contributed by atoms with Crippen molar-refractivity contribution >= 4 is 22.9 Å². The Hall–Kier alpha value is -4.20. The van der Waals surface area contributed by atoms with Crippen molar-refractivity contribution in [3.8, 4) is 16.8 Å². The van der Waals surface area contributed by atoms with Crippen molar-refractivity contribution in [3.05, 3.63) is 83.0 Å². The van der Waals surface area contributed by atoms with E-state index in [9.17, 15) is 14.4 Å². The molecule has 0 aliphatic heterocycles. The normalized spacial score (nSPS) is 11.4. The predicted octanol–water partition coefficient (Wildman–Crippen LogP) is 4.02. The average Bonchev–Trinajstić information content (AvgIpc) is 3.19. The molecule has 34 heavy (non-hydrogen) atoms. The number of alkyl carbamates (subject to hydrolysis) is 1. The number of nitrogens with one attached hydrogen (secondary N) is 2. The Labute approximate surface area is 196 Å². The summed E-state index contributed by atoms with van der Waals surface area (Å²) in [6, 6.07) is 17.1. The van der Waals surface area contributed by atoms with Crippen LogP contribution in [0.5, 0.6) is 0 Å². The van der Waals surface area contributed by atoms with E-state index in [0.29, 0.717) is 11.0 Å². The van der Waals surface area contributed by atoms with Crippen LogP contribution < -0.4 is 10.9 Å². The lowest BCUT2D eigenvalue weighted by Crippen LogP contribution is -2.35. The molecule has 0 spiro atoms. The topological polar surface area (TPSA) is 106 Å². The smallest absolute Gasteiger partial charge is 0.408 e. The summed E-state index contributed by atoms with van der Waals surface area (Å²) in [4.78, 5) is 43.7. The van der Waals surface area contributed by atoms with Crippen molar-refractivity contribution in [2.24, 2.45) is 0 Å². The Morgan fingerprint density at radius 2 is 1.76 bits per heavy atom. The number of ether oxygens (including phenoxy) is 1. The zero-order valence-electron chi connectivity index (χ0n) is 19.3. The molecule has 0 atom stereocenters. The highest BCUT2D eigenvalue weighted by Gasteiger charge is 2.18. The molecule has 0 aliphatic carbocycles. The van der Waals surface area contributed by atoms with Crippen LogP contribution >= 0.6 is 0 Å². The average molecular weight is 459 g/mol. The number of fused-ring (bicyclic) bond motifs is 1. The maximum absolute atomic E-state index is 12.6. The molecule has 0 fully saturated rings. The molecule has 4 aromatic rings. The Balaban J connectivity index is 1.53. The highest BCUT2D eigenvalue weighted by molar-refractivity contribution is 5.94. The van der Waals surface area contributed by atoms with Gasteiger partial charge < -0.3 is 19.6 Å². The minimum Gasteiger partial charge on any atom is -0.444 e. The molecular weight excluding hydrogens is 432 g/mol. The van der Waals surface area contributed by atoms with E-state index in [1.54, 1.807) is 20.8 Å². The molecule has 4 rings (SSSR count). The fraction of sp³-hybridized carbons (Fsp3) is 0.231. The summed E-state index contributed by atoms with van der Waals surface area (Å²) < 4.78 is 7.03. The number of Topliss-reactive ketones (excluding diaryl/α,β-unsaturated/α-hetero) is 1. The Bertz CT molecular complexity index is 1380. The third kappa shape index (κ3) is 5.23. The highest BCUT2D eigenvalue weighted by Crippen LogP contribution is 2.29. The molecule has 0 saturated carbocycles. The summed E-state index contributed by atoms with van der Waals surface area (Å²) in [7, 11) is 0. The molecule has 174 valence electrons.